The van der Waals surface area contributed by atoms with Crippen LogP contribution in [0.4, 0.5) is 0 Å². The highest BCUT2D eigenvalue weighted by Crippen LogP contribution is 2.34. The molecular formula is C26H32ClNO7. The summed E-state index contributed by atoms with van der Waals surface area (Å²) in [6.45, 7) is 10.8. The number of nitrogens with zero attached hydrogens (tertiary/aromatic N) is 1. The maximum Gasteiger partial charge on any atom is 0.349 e. The van der Waals surface area contributed by atoms with Gasteiger partial charge in [0.05, 0.1) is 6.61 Å². The van der Waals surface area contributed by atoms with E-state index < -0.39 is 27.5 Å². The van der Waals surface area contributed by atoms with Gasteiger partial charge in [0.15, 0.2) is 11.4 Å². The Kier molecular flexibility index (Phi) is 8.89. The Morgan fingerprint density at radius 2 is 1.34 bits per heavy atom. The lowest BCUT2D eigenvalue weighted by atomic mass is 9.76. The SMILES string of the molecule is CC(C)(COC(=O)C(C)(C)Oc1ccc(C(=O)c2ccc(Cl)cc2)cc1)CC(C)(C)CO[N+](=O)[O-]. The van der Waals surface area contributed by atoms with Gasteiger partial charge in [0, 0.05) is 16.1 Å². The number of hydrogen-bond acceptors (Lipinski definition) is 7. The summed E-state index contributed by atoms with van der Waals surface area (Å²) in [6.07, 6.45) is 0.533. The zero-order valence-electron chi connectivity index (χ0n) is 20.9. The Labute approximate surface area is 210 Å². The summed E-state index contributed by atoms with van der Waals surface area (Å²) in [5, 5.41) is 10.2. The van der Waals surface area contributed by atoms with Gasteiger partial charge in [-0.25, -0.2) is 4.79 Å². The monoisotopic (exact) mass is 505 g/mol. The van der Waals surface area contributed by atoms with Crippen molar-refractivity contribution in [1.29, 1.82) is 0 Å². The molecule has 0 bridgehead atoms. The van der Waals surface area contributed by atoms with Crippen LogP contribution in [0, 0.1) is 20.9 Å². The van der Waals surface area contributed by atoms with Crippen molar-refractivity contribution in [2.45, 2.75) is 53.6 Å². The molecule has 35 heavy (non-hydrogen) atoms. The molecule has 0 N–H and O–H groups in total. The van der Waals surface area contributed by atoms with Crippen molar-refractivity contribution in [2.75, 3.05) is 13.2 Å². The molecule has 2 rings (SSSR count). The molecule has 0 heterocycles. The van der Waals surface area contributed by atoms with Crippen LogP contribution in [0.5, 0.6) is 5.75 Å². The predicted octanol–water partition coefficient (Wildman–Crippen LogP) is 5.92. The van der Waals surface area contributed by atoms with Crippen LogP contribution in [0.15, 0.2) is 48.5 Å². The van der Waals surface area contributed by atoms with Crippen LogP contribution in [0.1, 0.15) is 63.9 Å². The van der Waals surface area contributed by atoms with E-state index in [0.29, 0.717) is 28.3 Å². The van der Waals surface area contributed by atoms with Crippen LogP contribution >= 0.6 is 11.6 Å². The van der Waals surface area contributed by atoms with Crippen LogP contribution in [-0.2, 0) is 14.4 Å². The van der Waals surface area contributed by atoms with Gasteiger partial charge in [0.1, 0.15) is 12.4 Å². The minimum absolute atomic E-state index is 0.0531. The molecule has 0 unspecified atom stereocenters. The third-order valence-electron chi connectivity index (χ3n) is 5.20. The zero-order chi connectivity index (χ0) is 26.4. The van der Waals surface area contributed by atoms with Gasteiger partial charge in [-0.2, -0.15) is 0 Å². The fraction of sp³-hybridized carbons (Fsp3) is 0.462. The highest BCUT2D eigenvalue weighted by molar-refractivity contribution is 6.30. The summed E-state index contributed by atoms with van der Waals surface area (Å²) in [7, 11) is 0. The first-order valence-corrected chi connectivity index (χ1v) is 11.5. The molecule has 0 radical (unpaired) electrons. The Hall–Kier alpha value is -3.13. The van der Waals surface area contributed by atoms with E-state index in [4.69, 9.17) is 21.1 Å². The van der Waals surface area contributed by atoms with Crippen molar-refractivity contribution in [1.82, 2.24) is 0 Å². The Morgan fingerprint density at radius 1 is 0.857 bits per heavy atom. The first-order chi connectivity index (χ1) is 16.1. The molecule has 0 amide bonds. The predicted molar refractivity (Wildman–Crippen MR) is 132 cm³/mol. The van der Waals surface area contributed by atoms with E-state index in [2.05, 4.69) is 4.84 Å². The van der Waals surface area contributed by atoms with Gasteiger partial charge in [0.2, 0.25) is 0 Å². The molecule has 2 aromatic rings. The number of rotatable bonds is 12. The zero-order valence-corrected chi connectivity index (χ0v) is 21.7. The molecular weight excluding hydrogens is 474 g/mol. The number of carbonyl (C=O) groups excluding carboxylic acids is 2. The van der Waals surface area contributed by atoms with E-state index in [-0.39, 0.29) is 19.0 Å². The quantitative estimate of drug-likeness (QED) is 0.152. The number of esters is 1. The normalized spacial score (nSPS) is 12.1. The van der Waals surface area contributed by atoms with Crippen LogP contribution in [-0.4, -0.2) is 35.7 Å². The Bertz CT molecular complexity index is 1040. The van der Waals surface area contributed by atoms with E-state index in [0.717, 1.165) is 0 Å². The first-order valence-electron chi connectivity index (χ1n) is 11.1. The van der Waals surface area contributed by atoms with E-state index in [1.165, 1.54) is 0 Å². The third-order valence-corrected chi connectivity index (χ3v) is 5.45. The second-order valence-corrected chi connectivity index (χ2v) is 11.0. The molecule has 0 aliphatic heterocycles. The average Bonchev–Trinajstić information content (AvgIpc) is 2.76. The van der Waals surface area contributed by atoms with Crippen molar-refractivity contribution in [2.24, 2.45) is 10.8 Å². The van der Waals surface area contributed by atoms with Crippen LogP contribution in [0.2, 0.25) is 5.02 Å². The molecule has 0 saturated carbocycles. The minimum Gasteiger partial charge on any atom is -0.476 e. The molecule has 0 aliphatic rings. The number of benzene rings is 2. The van der Waals surface area contributed by atoms with Gasteiger partial charge in [-0.05, 0) is 79.6 Å². The molecule has 0 saturated heterocycles. The summed E-state index contributed by atoms with van der Waals surface area (Å²) < 4.78 is 11.4. The summed E-state index contributed by atoms with van der Waals surface area (Å²) in [5.41, 5.74) is -1.21. The average molecular weight is 506 g/mol. The van der Waals surface area contributed by atoms with Gasteiger partial charge >= 0.3 is 5.97 Å². The number of hydrogen-bond donors (Lipinski definition) is 0. The fourth-order valence-corrected chi connectivity index (χ4v) is 3.96. The van der Waals surface area contributed by atoms with Gasteiger partial charge in [-0.1, -0.05) is 39.3 Å². The van der Waals surface area contributed by atoms with Crippen LogP contribution in [0.25, 0.3) is 0 Å². The largest absolute Gasteiger partial charge is 0.476 e. The second kappa shape index (κ2) is 11.1. The van der Waals surface area contributed by atoms with Crippen molar-refractivity contribution in [3.8, 4) is 5.75 Å². The second-order valence-electron chi connectivity index (χ2n) is 10.6. The molecule has 9 heteroatoms. The number of halogens is 1. The summed E-state index contributed by atoms with van der Waals surface area (Å²) in [5.74, 6) is -0.288. The molecule has 0 atom stereocenters. The maximum absolute atomic E-state index is 12.8. The molecule has 0 spiro atoms. The number of ketones is 1. The summed E-state index contributed by atoms with van der Waals surface area (Å²) in [4.78, 5) is 40.4. The van der Waals surface area contributed by atoms with Crippen molar-refractivity contribution < 1.29 is 29.0 Å². The molecule has 0 fully saturated rings. The lowest BCUT2D eigenvalue weighted by Crippen LogP contribution is -2.41. The van der Waals surface area contributed by atoms with Crippen molar-refractivity contribution in [3.63, 3.8) is 0 Å². The highest BCUT2D eigenvalue weighted by Gasteiger charge is 2.36. The van der Waals surface area contributed by atoms with Gasteiger partial charge in [0.25, 0.3) is 5.09 Å². The summed E-state index contributed by atoms with van der Waals surface area (Å²) in [6, 6.07) is 13.1. The molecule has 190 valence electrons. The fourth-order valence-electron chi connectivity index (χ4n) is 3.84. The number of ether oxygens (including phenoxy) is 2. The molecule has 2 aromatic carbocycles. The van der Waals surface area contributed by atoms with E-state index >= 15 is 0 Å². The minimum atomic E-state index is -1.28. The van der Waals surface area contributed by atoms with Crippen LogP contribution in [0.3, 0.4) is 0 Å². The standard InChI is InChI=1S/C26H32ClNO7/c1-24(2,15-25(3,4)17-34-28(31)32)16-33-23(30)26(5,6)35-21-13-9-19(10-14-21)22(29)18-7-11-20(27)12-8-18/h7-14H,15-17H2,1-6H3. The Balaban J connectivity index is 1.95. The Morgan fingerprint density at radius 3 is 1.86 bits per heavy atom. The lowest BCUT2D eigenvalue weighted by Gasteiger charge is -2.34. The van der Waals surface area contributed by atoms with E-state index in [1.54, 1.807) is 62.4 Å². The highest BCUT2D eigenvalue weighted by atomic mass is 35.5. The first kappa shape index (κ1) is 28.1. The van der Waals surface area contributed by atoms with Gasteiger partial charge < -0.3 is 14.3 Å². The maximum atomic E-state index is 12.8. The van der Waals surface area contributed by atoms with Crippen LogP contribution < -0.4 is 4.74 Å². The topological polar surface area (TPSA) is 105 Å². The van der Waals surface area contributed by atoms with Gasteiger partial charge in [-0.15, -0.1) is 10.1 Å². The van der Waals surface area contributed by atoms with Gasteiger partial charge in [-0.3, -0.25) is 4.79 Å². The molecule has 0 aliphatic carbocycles. The molecule has 8 nitrogen and oxygen atoms in total. The third kappa shape index (κ3) is 8.87. The van der Waals surface area contributed by atoms with Crippen molar-refractivity contribution in [3.05, 3.63) is 74.8 Å². The van der Waals surface area contributed by atoms with Crippen molar-refractivity contribution >= 4 is 23.4 Å². The smallest absolute Gasteiger partial charge is 0.349 e. The van der Waals surface area contributed by atoms with E-state index in [1.807, 2.05) is 27.7 Å². The molecule has 0 aromatic heterocycles. The lowest BCUT2D eigenvalue weighted by molar-refractivity contribution is -0.760. The number of carbonyl (C=O) groups is 2. The summed E-state index contributed by atoms with van der Waals surface area (Å²) >= 11 is 5.88. The van der Waals surface area contributed by atoms with E-state index in [9.17, 15) is 19.7 Å².